The van der Waals surface area contributed by atoms with E-state index in [1.165, 1.54) is 12.0 Å². The molecule has 174 valence electrons. The molecule has 5 rings (SSSR count). The van der Waals surface area contributed by atoms with Gasteiger partial charge in [-0.25, -0.2) is 0 Å². The maximum atomic E-state index is 6.34. The normalized spacial score (nSPS) is 35.5. The van der Waals surface area contributed by atoms with E-state index in [4.69, 9.17) is 19.8 Å². The highest BCUT2D eigenvalue weighted by Gasteiger charge is 2.58. The molecule has 1 N–H and O–H groups in total. The van der Waals surface area contributed by atoms with Crippen molar-refractivity contribution < 1.29 is 4.74 Å². The van der Waals surface area contributed by atoms with Crippen LogP contribution in [-0.4, -0.2) is 22.8 Å². The van der Waals surface area contributed by atoms with E-state index in [9.17, 15) is 0 Å². The first-order valence-electron chi connectivity index (χ1n) is 12.2. The first-order chi connectivity index (χ1) is 15.8. The lowest BCUT2D eigenvalue weighted by Crippen LogP contribution is -2.60. The minimum absolute atomic E-state index is 0.122. The number of fused-ring (bicyclic) bond motifs is 2. The van der Waals surface area contributed by atoms with Gasteiger partial charge in [0.25, 0.3) is 0 Å². The van der Waals surface area contributed by atoms with Gasteiger partial charge < -0.3 is 4.74 Å². The van der Waals surface area contributed by atoms with E-state index in [0.29, 0.717) is 17.3 Å². The molecule has 5 heteroatoms. The predicted octanol–water partition coefficient (Wildman–Crippen LogP) is 5.70. The third-order valence-corrected chi connectivity index (χ3v) is 8.90. The third kappa shape index (κ3) is 3.43. The number of aromatic nitrogens is 2. The predicted molar refractivity (Wildman–Crippen MR) is 131 cm³/mol. The van der Waals surface area contributed by atoms with E-state index >= 15 is 0 Å². The summed E-state index contributed by atoms with van der Waals surface area (Å²) < 4.78 is 6.34. The summed E-state index contributed by atoms with van der Waals surface area (Å²) in [7, 11) is 1.78. The van der Waals surface area contributed by atoms with E-state index in [-0.39, 0.29) is 11.3 Å². The summed E-state index contributed by atoms with van der Waals surface area (Å²) in [6.07, 6.45) is 9.07. The zero-order valence-electron chi connectivity index (χ0n) is 20.3. The summed E-state index contributed by atoms with van der Waals surface area (Å²) in [6, 6.07) is 12.1. The van der Waals surface area contributed by atoms with Gasteiger partial charge in [0.1, 0.15) is 0 Å². The fraction of sp³-hybridized carbons (Fsp3) is 0.536. The Hall–Kier alpha value is -2.53. The van der Waals surface area contributed by atoms with Gasteiger partial charge in [0.15, 0.2) is 5.72 Å². The van der Waals surface area contributed by atoms with Crippen molar-refractivity contribution in [1.29, 1.82) is 0 Å². The SMILES string of the molecule is C=C1CCC2C(C)(CC[C@@H]3[C@@H]1CC3(C)C)C(c1ccccn1)=NNC2(OC)c1ccccn1. The molecule has 2 aromatic rings. The van der Waals surface area contributed by atoms with Crippen LogP contribution in [-0.2, 0) is 10.5 Å². The van der Waals surface area contributed by atoms with Crippen LogP contribution in [0.15, 0.2) is 66.0 Å². The van der Waals surface area contributed by atoms with Crippen molar-refractivity contribution in [3.8, 4) is 0 Å². The van der Waals surface area contributed by atoms with E-state index < -0.39 is 5.72 Å². The Labute approximate surface area is 197 Å². The number of allylic oxidation sites excluding steroid dienone is 1. The van der Waals surface area contributed by atoms with Gasteiger partial charge in [-0.1, -0.05) is 45.1 Å². The lowest BCUT2D eigenvalue weighted by Gasteiger charge is -2.54. The van der Waals surface area contributed by atoms with E-state index in [1.807, 2.05) is 42.7 Å². The van der Waals surface area contributed by atoms with Crippen LogP contribution in [0, 0.1) is 28.6 Å². The van der Waals surface area contributed by atoms with E-state index in [1.54, 1.807) is 7.11 Å². The summed E-state index contributed by atoms with van der Waals surface area (Å²) >= 11 is 0. The third-order valence-electron chi connectivity index (χ3n) is 8.90. The molecule has 1 aliphatic heterocycles. The lowest BCUT2D eigenvalue weighted by molar-refractivity contribution is -0.133. The minimum Gasteiger partial charge on any atom is -0.352 e. The molecule has 3 heterocycles. The molecule has 0 amide bonds. The van der Waals surface area contributed by atoms with Gasteiger partial charge in [0.2, 0.25) is 0 Å². The fourth-order valence-electron chi connectivity index (χ4n) is 6.97. The van der Waals surface area contributed by atoms with Crippen LogP contribution in [0.1, 0.15) is 64.3 Å². The molecule has 0 spiro atoms. The molecule has 2 saturated carbocycles. The van der Waals surface area contributed by atoms with Crippen LogP contribution in [0.4, 0.5) is 0 Å². The number of hydrogen-bond acceptors (Lipinski definition) is 5. The molecule has 2 aromatic heterocycles. The van der Waals surface area contributed by atoms with Crippen LogP contribution in [0.2, 0.25) is 0 Å². The number of hydrazone groups is 1. The molecule has 5 nitrogen and oxygen atoms in total. The molecular formula is C28H36N4O. The first kappa shape index (κ1) is 22.3. The molecule has 2 aliphatic carbocycles. The van der Waals surface area contributed by atoms with Crippen LogP contribution in [0.5, 0.6) is 0 Å². The topological polar surface area (TPSA) is 59.4 Å². The van der Waals surface area contributed by atoms with Crippen molar-refractivity contribution in [2.45, 2.75) is 58.6 Å². The molecular weight excluding hydrogens is 408 g/mol. The molecule has 3 unspecified atom stereocenters. The number of pyridine rings is 2. The number of ether oxygens (including phenoxy) is 1. The van der Waals surface area contributed by atoms with Crippen molar-refractivity contribution in [3.63, 3.8) is 0 Å². The monoisotopic (exact) mass is 444 g/mol. The Morgan fingerprint density at radius 3 is 2.42 bits per heavy atom. The first-order valence-corrected chi connectivity index (χ1v) is 12.2. The highest BCUT2D eigenvalue weighted by molar-refractivity contribution is 6.03. The highest BCUT2D eigenvalue weighted by Crippen LogP contribution is 2.60. The molecule has 5 atom stereocenters. The second kappa shape index (κ2) is 8.05. The number of nitrogens with zero attached hydrogens (tertiary/aromatic N) is 3. The molecule has 0 saturated heterocycles. The molecule has 0 bridgehead atoms. The Kier molecular flexibility index (Phi) is 5.43. The Morgan fingerprint density at radius 1 is 1.03 bits per heavy atom. The van der Waals surface area contributed by atoms with E-state index in [2.05, 4.69) is 38.8 Å². The van der Waals surface area contributed by atoms with Crippen LogP contribution >= 0.6 is 0 Å². The van der Waals surface area contributed by atoms with E-state index in [0.717, 1.165) is 42.8 Å². The molecule has 2 fully saturated rings. The Morgan fingerprint density at radius 2 is 1.79 bits per heavy atom. The highest BCUT2D eigenvalue weighted by atomic mass is 16.5. The second-order valence-corrected chi connectivity index (χ2v) is 11.1. The van der Waals surface area contributed by atoms with Crippen LogP contribution in [0.25, 0.3) is 0 Å². The molecule has 33 heavy (non-hydrogen) atoms. The fourth-order valence-corrected chi connectivity index (χ4v) is 6.97. The largest absolute Gasteiger partial charge is 0.352 e. The van der Waals surface area contributed by atoms with Crippen molar-refractivity contribution in [1.82, 2.24) is 15.4 Å². The Bertz CT molecular complexity index is 1050. The van der Waals surface area contributed by atoms with Crippen molar-refractivity contribution in [3.05, 3.63) is 72.3 Å². The summed E-state index contributed by atoms with van der Waals surface area (Å²) in [5.41, 5.74) is 7.01. The number of methoxy groups -OCH3 is 1. The summed E-state index contributed by atoms with van der Waals surface area (Å²) in [6.45, 7) is 11.8. The number of hydrogen-bond donors (Lipinski definition) is 1. The summed E-state index contributed by atoms with van der Waals surface area (Å²) in [4.78, 5) is 9.44. The zero-order valence-corrected chi connectivity index (χ0v) is 20.3. The van der Waals surface area contributed by atoms with Gasteiger partial charge in [-0.3, -0.25) is 15.4 Å². The van der Waals surface area contributed by atoms with Gasteiger partial charge in [0.05, 0.1) is 17.1 Å². The molecule has 0 aromatic carbocycles. The van der Waals surface area contributed by atoms with Crippen molar-refractivity contribution >= 4 is 5.71 Å². The van der Waals surface area contributed by atoms with Crippen LogP contribution < -0.4 is 5.43 Å². The minimum atomic E-state index is -0.798. The smallest absolute Gasteiger partial charge is 0.199 e. The maximum absolute atomic E-state index is 6.34. The van der Waals surface area contributed by atoms with Crippen molar-refractivity contribution in [2.24, 2.45) is 33.7 Å². The zero-order chi connectivity index (χ0) is 23.3. The Balaban J connectivity index is 1.66. The average Bonchev–Trinajstić information content (AvgIpc) is 2.86. The summed E-state index contributed by atoms with van der Waals surface area (Å²) in [5, 5.41) is 4.99. The van der Waals surface area contributed by atoms with Gasteiger partial charge in [0, 0.05) is 30.8 Å². The number of nitrogens with one attached hydrogen (secondary N) is 1. The summed E-state index contributed by atoms with van der Waals surface area (Å²) in [5.74, 6) is 1.41. The quantitative estimate of drug-likeness (QED) is 0.617. The van der Waals surface area contributed by atoms with Gasteiger partial charge in [-0.2, -0.15) is 5.10 Å². The van der Waals surface area contributed by atoms with Gasteiger partial charge in [-0.05, 0) is 73.6 Å². The number of rotatable bonds is 3. The second-order valence-electron chi connectivity index (χ2n) is 11.1. The molecule has 3 aliphatic rings. The van der Waals surface area contributed by atoms with Crippen molar-refractivity contribution in [2.75, 3.05) is 7.11 Å². The van der Waals surface area contributed by atoms with Gasteiger partial charge in [-0.15, -0.1) is 0 Å². The average molecular weight is 445 g/mol. The van der Waals surface area contributed by atoms with Crippen LogP contribution in [0.3, 0.4) is 0 Å². The maximum Gasteiger partial charge on any atom is 0.199 e. The standard InChI is InChI=1S/C28H36N4O/c1-19-12-13-23-27(4,15-14-21-20(19)18-26(21,2)3)25(22-10-6-8-16-29-22)31-32-28(23,33-5)24-11-7-9-17-30-24/h6-11,16-17,20-21,23,32H,1,12-15,18H2,2-5H3/t20-,21-,23?,27?,28?/m1/s1. The van der Waals surface area contributed by atoms with Gasteiger partial charge >= 0.3 is 0 Å². The molecule has 0 radical (unpaired) electrons. The lowest BCUT2D eigenvalue weighted by atomic mass is 9.51.